The van der Waals surface area contributed by atoms with Crippen molar-refractivity contribution in [3.8, 4) is 0 Å². The number of nitrogens with zero attached hydrogens (tertiary/aromatic N) is 1. The van der Waals surface area contributed by atoms with E-state index in [0.29, 0.717) is 18.0 Å². The number of benzene rings is 1. The number of hydrogen-bond acceptors (Lipinski definition) is 4. The molecule has 0 aliphatic heterocycles. The first-order valence-corrected chi connectivity index (χ1v) is 9.48. The van der Waals surface area contributed by atoms with Gasteiger partial charge in [0.15, 0.2) is 0 Å². The van der Waals surface area contributed by atoms with Crippen LogP contribution in [0.15, 0.2) is 45.1 Å². The van der Waals surface area contributed by atoms with Crippen LogP contribution >= 0.6 is 27.3 Å². The Kier molecular flexibility index (Phi) is 5.56. The van der Waals surface area contributed by atoms with Gasteiger partial charge in [-0.1, -0.05) is 28.1 Å². The minimum atomic E-state index is -3.46. The molecule has 0 radical (unpaired) electrons. The average Bonchev–Trinajstić information content (AvgIpc) is 2.90. The Balaban J connectivity index is 2.22. The Morgan fingerprint density at radius 3 is 2.52 bits per heavy atom. The number of rotatable bonds is 6. The molecular weight excluding hydrogens is 372 g/mol. The fourth-order valence-corrected chi connectivity index (χ4v) is 4.79. The van der Waals surface area contributed by atoms with Crippen molar-refractivity contribution in [3.05, 3.63) is 50.6 Å². The number of thiophene rings is 1. The molecule has 0 aliphatic rings. The summed E-state index contributed by atoms with van der Waals surface area (Å²) in [5.74, 6) is 0. The van der Waals surface area contributed by atoms with Gasteiger partial charge in [-0.05, 0) is 36.2 Å². The summed E-state index contributed by atoms with van der Waals surface area (Å²) in [6, 6.07) is 9.32. The molecule has 1 heterocycles. The van der Waals surface area contributed by atoms with Gasteiger partial charge in [0.1, 0.15) is 0 Å². The third-order valence-electron chi connectivity index (χ3n) is 3.05. The molecule has 0 spiro atoms. The van der Waals surface area contributed by atoms with E-state index in [2.05, 4.69) is 21.2 Å². The van der Waals surface area contributed by atoms with E-state index in [1.807, 2.05) is 36.7 Å². The maximum Gasteiger partial charge on any atom is 0.244 e. The molecule has 2 aromatic rings. The van der Waals surface area contributed by atoms with E-state index >= 15 is 0 Å². The molecule has 0 bridgehead atoms. The lowest BCUT2D eigenvalue weighted by atomic mass is 10.2. The fraction of sp³-hybridized carbons (Fsp3) is 0.286. The molecule has 0 atom stereocenters. The lowest BCUT2D eigenvalue weighted by Gasteiger charge is -2.17. The second-order valence-electron chi connectivity index (χ2n) is 4.63. The Morgan fingerprint density at radius 1 is 1.24 bits per heavy atom. The molecule has 0 aliphatic carbocycles. The first-order chi connectivity index (χ1) is 9.95. The lowest BCUT2D eigenvalue weighted by molar-refractivity contribution is 0.466. The molecule has 114 valence electrons. The van der Waals surface area contributed by atoms with E-state index < -0.39 is 10.0 Å². The highest BCUT2D eigenvalue weighted by molar-refractivity contribution is 9.10. The predicted octanol–water partition coefficient (Wildman–Crippen LogP) is 3.05. The molecule has 4 nitrogen and oxygen atoms in total. The Bertz CT molecular complexity index is 696. The number of nitrogens with one attached hydrogen (secondary N) is 1. The van der Waals surface area contributed by atoms with Crippen LogP contribution in [0, 0.1) is 0 Å². The molecule has 2 rings (SSSR count). The molecule has 7 heteroatoms. The third kappa shape index (κ3) is 3.92. The van der Waals surface area contributed by atoms with Crippen LogP contribution in [0.3, 0.4) is 0 Å². The van der Waals surface area contributed by atoms with Crippen molar-refractivity contribution in [2.45, 2.75) is 18.0 Å². The largest absolute Gasteiger partial charge is 0.315 e. The summed E-state index contributed by atoms with van der Waals surface area (Å²) in [5.41, 5.74) is 0.953. The smallest absolute Gasteiger partial charge is 0.244 e. The van der Waals surface area contributed by atoms with Gasteiger partial charge in [-0.3, -0.25) is 0 Å². The van der Waals surface area contributed by atoms with Gasteiger partial charge in [-0.25, -0.2) is 8.42 Å². The standard InChI is InChI=1S/C14H17BrN2O2S2/c1-16-9-13-14(7-8-20-13)21(18,19)17(2)10-11-3-5-12(15)6-4-11/h3-8,16H,9-10H2,1-2H3. The summed E-state index contributed by atoms with van der Waals surface area (Å²) in [6.45, 7) is 0.906. The molecule has 21 heavy (non-hydrogen) atoms. The summed E-state index contributed by atoms with van der Waals surface area (Å²) in [4.78, 5) is 1.22. The third-order valence-corrected chi connectivity index (χ3v) is 6.52. The van der Waals surface area contributed by atoms with Crippen LogP contribution in [0.25, 0.3) is 0 Å². The summed E-state index contributed by atoms with van der Waals surface area (Å²) >= 11 is 4.82. The second-order valence-corrected chi connectivity index (χ2v) is 8.56. The quantitative estimate of drug-likeness (QED) is 0.826. The highest BCUT2D eigenvalue weighted by Crippen LogP contribution is 2.25. The van der Waals surface area contributed by atoms with Crippen molar-refractivity contribution in [1.29, 1.82) is 0 Å². The van der Waals surface area contributed by atoms with Crippen molar-refractivity contribution in [2.24, 2.45) is 0 Å². The van der Waals surface area contributed by atoms with Crippen LogP contribution in [0.4, 0.5) is 0 Å². The van der Waals surface area contributed by atoms with Crippen LogP contribution in [0.1, 0.15) is 10.4 Å². The molecule has 0 unspecified atom stereocenters. The maximum atomic E-state index is 12.7. The highest BCUT2D eigenvalue weighted by Gasteiger charge is 2.24. The van der Waals surface area contributed by atoms with E-state index in [4.69, 9.17) is 0 Å². The van der Waals surface area contributed by atoms with Crippen molar-refractivity contribution >= 4 is 37.3 Å². The van der Waals surface area contributed by atoms with Gasteiger partial charge in [-0.15, -0.1) is 11.3 Å². The Morgan fingerprint density at radius 2 is 1.90 bits per heavy atom. The van der Waals surface area contributed by atoms with E-state index in [9.17, 15) is 8.42 Å². The zero-order chi connectivity index (χ0) is 15.5. The minimum absolute atomic E-state index is 0.352. The van der Waals surface area contributed by atoms with Crippen LogP contribution < -0.4 is 5.32 Å². The highest BCUT2D eigenvalue weighted by atomic mass is 79.9. The number of halogens is 1. The summed E-state index contributed by atoms with van der Waals surface area (Å²) < 4.78 is 27.7. The Hall–Kier alpha value is -0.730. The zero-order valence-corrected chi connectivity index (χ0v) is 15.1. The number of hydrogen-bond donors (Lipinski definition) is 1. The first-order valence-electron chi connectivity index (χ1n) is 6.37. The van der Waals surface area contributed by atoms with Gasteiger partial charge in [-0.2, -0.15) is 4.31 Å². The first kappa shape index (κ1) is 16.6. The maximum absolute atomic E-state index is 12.7. The summed E-state index contributed by atoms with van der Waals surface area (Å²) in [6.07, 6.45) is 0. The molecule has 0 saturated heterocycles. The monoisotopic (exact) mass is 388 g/mol. The van der Waals surface area contributed by atoms with Crippen LogP contribution in [0.5, 0.6) is 0 Å². The van der Waals surface area contributed by atoms with Crippen molar-refractivity contribution in [1.82, 2.24) is 9.62 Å². The van der Waals surface area contributed by atoms with Crippen LogP contribution in [0.2, 0.25) is 0 Å². The SMILES string of the molecule is CNCc1sccc1S(=O)(=O)N(C)Cc1ccc(Br)cc1. The van der Waals surface area contributed by atoms with Gasteiger partial charge in [0, 0.05) is 29.5 Å². The van der Waals surface area contributed by atoms with Gasteiger partial charge in [0.25, 0.3) is 0 Å². The van der Waals surface area contributed by atoms with Crippen LogP contribution in [-0.4, -0.2) is 26.8 Å². The minimum Gasteiger partial charge on any atom is -0.315 e. The molecular formula is C14H17BrN2O2S2. The molecule has 0 fully saturated rings. The van der Waals surface area contributed by atoms with E-state index in [1.54, 1.807) is 13.1 Å². The fourth-order valence-electron chi connectivity index (χ4n) is 1.95. The van der Waals surface area contributed by atoms with Crippen molar-refractivity contribution < 1.29 is 8.42 Å². The normalized spacial score (nSPS) is 12.0. The van der Waals surface area contributed by atoms with Crippen LogP contribution in [-0.2, 0) is 23.1 Å². The summed E-state index contributed by atoms with van der Waals surface area (Å²) in [5, 5.41) is 4.81. The lowest BCUT2D eigenvalue weighted by Crippen LogP contribution is -2.27. The van der Waals surface area contributed by atoms with Crippen molar-refractivity contribution in [3.63, 3.8) is 0 Å². The molecule has 1 aromatic heterocycles. The topological polar surface area (TPSA) is 49.4 Å². The predicted molar refractivity (Wildman–Crippen MR) is 89.9 cm³/mol. The van der Waals surface area contributed by atoms with E-state index in [-0.39, 0.29) is 0 Å². The van der Waals surface area contributed by atoms with E-state index in [1.165, 1.54) is 15.6 Å². The van der Waals surface area contributed by atoms with Gasteiger partial charge in [0.05, 0.1) is 4.90 Å². The van der Waals surface area contributed by atoms with Gasteiger partial charge >= 0.3 is 0 Å². The number of sulfonamides is 1. The zero-order valence-electron chi connectivity index (χ0n) is 11.8. The van der Waals surface area contributed by atoms with Gasteiger partial charge in [0.2, 0.25) is 10.0 Å². The molecule has 0 amide bonds. The summed E-state index contributed by atoms with van der Waals surface area (Å²) in [7, 11) is -0.0483. The second kappa shape index (κ2) is 7.02. The van der Waals surface area contributed by atoms with Gasteiger partial charge < -0.3 is 5.32 Å². The van der Waals surface area contributed by atoms with E-state index in [0.717, 1.165) is 14.9 Å². The average molecular weight is 389 g/mol. The molecule has 0 saturated carbocycles. The Labute approximate surface area is 138 Å². The van der Waals surface area contributed by atoms with Crippen molar-refractivity contribution in [2.75, 3.05) is 14.1 Å². The molecule has 1 N–H and O–H groups in total. The molecule has 1 aromatic carbocycles.